The molecule has 0 aliphatic heterocycles. The number of imidazole rings is 1. The van der Waals surface area contributed by atoms with Crippen LogP contribution in [-0.2, 0) is 6.54 Å². The van der Waals surface area contributed by atoms with Crippen LogP contribution in [0, 0.1) is 12.7 Å². The summed E-state index contributed by atoms with van der Waals surface area (Å²) in [7, 11) is 0. The quantitative estimate of drug-likeness (QED) is 0.611. The minimum atomic E-state index is -0.441. The lowest BCUT2D eigenvalue weighted by atomic mass is 10.2. The van der Waals surface area contributed by atoms with Crippen LogP contribution in [-0.4, -0.2) is 25.4 Å². The molecule has 1 aromatic carbocycles. The normalized spacial score (nSPS) is 11.0. The molecule has 0 atom stereocenters. The first-order valence-electron chi connectivity index (χ1n) is 7.91. The Morgan fingerprint density at radius 2 is 2.04 bits per heavy atom. The van der Waals surface area contributed by atoms with E-state index in [9.17, 15) is 9.18 Å². The first kappa shape index (κ1) is 15.9. The molecule has 0 aliphatic carbocycles. The van der Waals surface area contributed by atoms with Gasteiger partial charge in [0.1, 0.15) is 17.2 Å². The van der Waals surface area contributed by atoms with E-state index in [-0.39, 0.29) is 35.4 Å². The zero-order valence-electron chi connectivity index (χ0n) is 13.8. The average molecular weight is 351 g/mol. The zero-order chi connectivity index (χ0) is 18.1. The molecule has 3 heterocycles. The maximum atomic E-state index is 13.7. The molecule has 0 spiro atoms. The van der Waals surface area contributed by atoms with Gasteiger partial charge >= 0.3 is 0 Å². The Morgan fingerprint density at radius 1 is 1.19 bits per heavy atom. The molecule has 26 heavy (non-hydrogen) atoms. The number of rotatable bonds is 4. The van der Waals surface area contributed by atoms with Gasteiger partial charge in [-0.05, 0) is 30.7 Å². The van der Waals surface area contributed by atoms with E-state index in [1.807, 2.05) is 25.3 Å². The maximum Gasteiger partial charge on any atom is 0.271 e. The lowest BCUT2D eigenvalue weighted by Gasteiger charge is -1.98. The number of fused-ring (bicyclic) bond motifs is 1. The van der Waals surface area contributed by atoms with Crippen LogP contribution in [0.3, 0.4) is 0 Å². The fraction of sp³-hybridized carbons (Fsp3) is 0.111. The summed E-state index contributed by atoms with van der Waals surface area (Å²) < 4.78 is 20.6. The Bertz CT molecular complexity index is 1100. The minimum Gasteiger partial charge on any atom is -0.342 e. The van der Waals surface area contributed by atoms with Gasteiger partial charge in [-0.15, -0.1) is 0 Å². The number of halogens is 1. The van der Waals surface area contributed by atoms with Gasteiger partial charge in [0.25, 0.3) is 5.91 Å². The molecular formula is C18H14FN5O2. The Morgan fingerprint density at radius 3 is 2.88 bits per heavy atom. The molecule has 1 amide bonds. The van der Waals surface area contributed by atoms with Gasteiger partial charge in [0.05, 0.1) is 12.1 Å². The number of benzene rings is 1. The third kappa shape index (κ3) is 3.04. The molecule has 1 N–H and O–H groups in total. The topological polar surface area (TPSA) is 85.3 Å². The van der Waals surface area contributed by atoms with Crippen molar-refractivity contribution in [2.75, 3.05) is 0 Å². The summed E-state index contributed by atoms with van der Waals surface area (Å²) in [6, 6.07) is 9.90. The van der Waals surface area contributed by atoms with Crippen molar-refractivity contribution >= 4 is 11.6 Å². The van der Waals surface area contributed by atoms with Crippen LogP contribution in [0.1, 0.15) is 21.9 Å². The first-order chi connectivity index (χ1) is 12.6. The third-order valence-electron chi connectivity index (χ3n) is 3.81. The summed E-state index contributed by atoms with van der Waals surface area (Å²) in [6.45, 7) is 1.98. The van der Waals surface area contributed by atoms with Crippen molar-refractivity contribution in [3.63, 3.8) is 0 Å². The number of carbonyl (C=O) groups is 1. The summed E-state index contributed by atoms with van der Waals surface area (Å²) in [5.41, 5.74) is 2.27. The predicted octanol–water partition coefficient (Wildman–Crippen LogP) is 2.76. The Balaban J connectivity index is 1.47. The molecule has 4 rings (SSSR count). The van der Waals surface area contributed by atoms with Crippen LogP contribution in [0.15, 0.2) is 53.3 Å². The lowest BCUT2D eigenvalue weighted by Crippen LogP contribution is -2.23. The highest BCUT2D eigenvalue weighted by atomic mass is 19.1. The second-order valence-electron chi connectivity index (χ2n) is 5.77. The third-order valence-corrected chi connectivity index (χ3v) is 3.81. The van der Waals surface area contributed by atoms with E-state index in [0.717, 1.165) is 5.56 Å². The maximum absolute atomic E-state index is 13.7. The summed E-state index contributed by atoms with van der Waals surface area (Å²) in [5, 5.41) is 6.41. The molecule has 0 unspecified atom stereocenters. The summed E-state index contributed by atoms with van der Waals surface area (Å²) in [6.07, 6.45) is 3.54. The van der Waals surface area contributed by atoms with E-state index >= 15 is 0 Å². The second-order valence-corrected chi connectivity index (χ2v) is 5.77. The van der Waals surface area contributed by atoms with Crippen LogP contribution in [0.25, 0.3) is 17.0 Å². The summed E-state index contributed by atoms with van der Waals surface area (Å²) in [5.74, 6) is -0.493. The minimum absolute atomic E-state index is 0.0210. The van der Waals surface area contributed by atoms with Crippen LogP contribution >= 0.6 is 0 Å². The Kier molecular flexibility index (Phi) is 3.92. The van der Waals surface area contributed by atoms with Crippen molar-refractivity contribution in [2.24, 2.45) is 0 Å². The molecular weight excluding hydrogens is 337 g/mol. The number of aryl methyl sites for hydroxylation is 1. The van der Waals surface area contributed by atoms with Crippen LogP contribution < -0.4 is 5.32 Å². The monoisotopic (exact) mass is 351 g/mol. The number of hydrogen-bond donors (Lipinski definition) is 1. The van der Waals surface area contributed by atoms with E-state index in [1.54, 1.807) is 28.8 Å². The first-order valence-corrected chi connectivity index (χ1v) is 7.91. The largest absolute Gasteiger partial charge is 0.342 e. The smallest absolute Gasteiger partial charge is 0.271 e. The number of pyridine rings is 1. The SMILES string of the molecule is Cc1ccc2nc(C(=O)NCc3nc(-c4ccccc4F)no3)cn2c1. The van der Waals surface area contributed by atoms with Gasteiger partial charge in [0, 0.05) is 12.4 Å². The number of carbonyl (C=O) groups excluding carboxylic acids is 1. The van der Waals surface area contributed by atoms with E-state index in [1.165, 1.54) is 6.07 Å². The fourth-order valence-electron chi connectivity index (χ4n) is 2.54. The number of nitrogens with zero attached hydrogens (tertiary/aromatic N) is 4. The average Bonchev–Trinajstić information content (AvgIpc) is 3.26. The van der Waals surface area contributed by atoms with Gasteiger partial charge in [0.15, 0.2) is 0 Å². The van der Waals surface area contributed by atoms with Crippen LogP contribution in [0.2, 0.25) is 0 Å². The van der Waals surface area contributed by atoms with Gasteiger partial charge in [-0.1, -0.05) is 23.4 Å². The van der Waals surface area contributed by atoms with E-state index < -0.39 is 5.82 Å². The second kappa shape index (κ2) is 6.40. The lowest BCUT2D eigenvalue weighted by molar-refractivity contribution is 0.0942. The molecule has 0 radical (unpaired) electrons. The van der Waals surface area contributed by atoms with Gasteiger partial charge in [-0.3, -0.25) is 4.79 Å². The predicted molar refractivity (Wildman–Crippen MR) is 90.8 cm³/mol. The number of hydrogen-bond acceptors (Lipinski definition) is 5. The van der Waals surface area contributed by atoms with Crippen molar-refractivity contribution in [2.45, 2.75) is 13.5 Å². The molecule has 0 fully saturated rings. The molecule has 4 aromatic rings. The van der Waals surface area contributed by atoms with E-state index in [0.29, 0.717) is 5.65 Å². The van der Waals surface area contributed by atoms with Crippen LogP contribution in [0.5, 0.6) is 0 Å². The molecule has 0 saturated heterocycles. The molecule has 0 saturated carbocycles. The van der Waals surface area contributed by atoms with Gasteiger partial charge in [-0.2, -0.15) is 4.98 Å². The van der Waals surface area contributed by atoms with Crippen molar-refractivity contribution < 1.29 is 13.7 Å². The van der Waals surface area contributed by atoms with Gasteiger partial charge in [0.2, 0.25) is 11.7 Å². The zero-order valence-corrected chi connectivity index (χ0v) is 13.8. The van der Waals surface area contributed by atoms with Crippen molar-refractivity contribution in [1.82, 2.24) is 24.8 Å². The van der Waals surface area contributed by atoms with Crippen molar-refractivity contribution in [3.8, 4) is 11.4 Å². The van der Waals surface area contributed by atoms with Crippen molar-refractivity contribution in [3.05, 3.63) is 71.8 Å². The van der Waals surface area contributed by atoms with E-state index in [4.69, 9.17) is 4.52 Å². The fourth-order valence-corrected chi connectivity index (χ4v) is 2.54. The molecule has 0 aliphatic rings. The van der Waals surface area contributed by atoms with Crippen LogP contribution in [0.4, 0.5) is 4.39 Å². The highest BCUT2D eigenvalue weighted by Crippen LogP contribution is 2.19. The highest BCUT2D eigenvalue weighted by molar-refractivity contribution is 5.92. The van der Waals surface area contributed by atoms with Gasteiger partial charge in [-0.25, -0.2) is 9.37 Å². The van der Waals surface area contributed by atoms with E-state index in [2.05, 4.69) is 20.4 Å². The van der Waals surface area contributed by atoms with Gasteiger partial charge < -0.3 is 14.2 Å². The molecule has 7 nitrogen and oxygen atoms in total. The molecule has 130 valence electrons. The summed E-state index contributed by atoms with van der Waals surface area (Å²) >= 11 is 0. The molecule has 8 heteroatoms. The number of nitrogens with one attached hydrogen (secondary N) is 1. The Labute approximate surface area is 147 Å². The molecule has 3 aromatic heterocycles. The Hall–Kier alpha value is -3.55. The highest BCUT2D eigenvalue weighted by Gasteiger charge is 2.15. The van der Waals surface area contributed by atoms with Crippen molar-refractivity contribution in [1.29, 1.82) is 0 Å². The standard InChI is InChI=1S/C18H14FN5O2/c1-11-6-7-15-21-14(10-24(15)9-11)18(25)20-8-16-22-17(23-26-16)12-4-2-3-5-13(12)19/h2-7,9-10H,8H2,1H3,(H,20,25). The molecule has 0 bridgehead atoms. The summed E-state index contributed by atoms with van der Waals surface area (Å²) in [4.78, 5) is 20.6. The number of amides is 1. The number of aromatic nitrogens is 4.